The van der Waals surface area contributed by atoms with Gasteiger partial charge in [0.15, 0.2) is 0 Å². The van der Waals surface area contributed by atoms with Crippen molar-refractivity contribution in [3.63, 3.8) is 0 Å². The van der Waals surface area contributed by atoms with Crippen LogP contribution in [0.25, 0.3) is 0 Å². The highest BCUT2D eigenvalue weighted by Crippen LogP contribution is 2.22. The molecule has 0 aliphatic heterocycles. The van der Waals surface area contributed by atoms with E-state index in [1.807, 2.05) is 43.4 Å². The fourth-order valence-corrected chi connectivity index (χ4v) is 2.15. The van der Waals surface area contributed by atoms with Crippen LogP contribution in [-0.2, 0) is 13.2 Å². The lowest BCUT2D eigenvalue weighted by molar-refractivity contribution is 0.301. The number of para-hydroxylation sites is 1. The van der Waals surface area contributed by atoms with Crippen LogP contribution in [0.3, 0.4) is 0 Å². The van der Waals surface area contributed by atoms with Crippen molar-refractivity contribution >= 4 is 15.9 Å². The molecule has 0 aliphatic rings. The van der Waals surface area contributed by atoms with Crippen molar-refractivity contribution < 1.29 is 4.74 Å². The molecule has 2 aromatic rings. The fourth-order valence-electron chi connectivity index (χ4n) is 1.75. The minimum Gasteiger partial charge on any atom is -0.489 e. The monoisotopic (exact) mass is 305 g/mol. The molecule has 0 fully saturated rings. The molecule has 3 heteroatoms. The molecule has 0 amide bonds. The van der Waals surface area contributed by atoms with Crippen LogP contribution in [0, 0.1) is 0 Å². The SMILES string of the molecule is CNCc1ccccc1OCc1ccccc1Br. The highest BCUT2D eigenvalue weighted by Gasteiger charge is 2.04. The average molecular weight is 306 g/mol. The van der Waals surface area contributed by atoms with Crippen LogP contribution in [0.1, 0.15) is 11.1 Å². The molecule has 0 saturated heterocycles. The zero-order chi connectivity index (χ0) is 12.8. The van der Waals surface area contributed by atoms with Gasteiger partial charge in [0.25, 0.3) is 0 Å². The number of ether oxygens (including phenoxy) is 1. The zero-order valence-corrected chi connectivity index (χ0v) is 11.9. The fraction of sp³-hybridized carbons (Fsp3) is 0.200. The molecular formula is C15H16BrNO. The molecule has 2 nitrogen and oxygen atoms in total. The van der Waals surface area contributed by atoms with Gasteiger partial charge in [-0.3, -0.25) is 0 Å². The first-order valence-electron chi connectivity index (χ1n) is 5.90. The molecule has 0 bridgehead atoms. The second-order valence-corrected chi connectivity index (χ2v) is 4.87. The maximum atomic E-state index is 5.89. The summed E-state index contributed by atoms with van der Waals surface area (Å²) in [4.78, 5) is 0. The molecule has 0 aromatic heterocycles. The van der Waals surface area contributed by atoms with E-state index in [0.29, 0.717) is 6.61 Å². The number of hydrogen-bond acceptors (Lipinski definition) is 2. The third kappa shape index (κ3) is 3.34. The summed E-state index contributed by atoms with van der Waals surface area (Å²) >= 11 is 3.53. The Labute approximate surface area is 116 Å². The lowest BCUT2D eigenvalue weighted by Crippen LogP contribution is -2.07. The topological polar surface area (TPSA) is 21.3 Å². The molecule has 0 heterocycles. The molecule has 0 saturated carbocycles. The first-order chi connectivity index (χ1) is 8.81. The summed E-state index contributed by atoms with van der Waals surface area (Å²) in [6.45, 7) is 1.38. The van der Waals surface area contributed by atoms with Crippen molar-refractivity contribution in [3.8, 4) is 5.75 Å². The molecule has 1 N–H and O–H groups in total. The average Bonchev–Trinajstić information content (AvgIpc) is 2.40. The molecule has 18 heavy (non-hydrogen) atoms. The Hall–Kier alpha value is -1.32. The van der Waals surface area contributed by atoms with Gasteiger partial charge in [0.05, 0.1) is 0 Å². The van der Waals surface area contributed by atoms with Gasteiger partial charge in [-0.25, -0.2) is 0 Å². The molecule has 2 aromatic carbocycles. The van der Waals surface area contributed by atoms with Crippen LogP contribution < -0.4 is 10.1 Å². The summed E-state index contributed by atoms with van der Waals surface area (Å²) < 4.78 is 6.97. The number of hydrogen-bond donors (Lipinski definition) is 1. The molecule has 2 rings (SSSR count). The Morgan fingerprint density at radius 3 is 2.39 bits per heavy atom. The molecule has 0 spiro atoms. The summed E-state index contributed by atoms with van der Waals surface area (Å²) in [5, 5.41) is 3.14. The molecule has 94 valence electrons. The van der Waals surface area contributed by atoms with Gasteiger partial charge in [-0.15, -0.1) is 0 Å². The maximum absolute atomic E-state index is 5.89. The van der Waals surface area contributed by atoms with E-state index in [2.05, 4.69) is 33.4 Å². The van der Waals surface area contributed by atoms with Crippen molar-refractivity contribution in [3.05, 3.63) is 64.1 Å². The normalized spacial score (nSPS) is 10.3. The van der Waals surface area contributed by atoms with E-state index in [1.165, 1.54) is 5.56 Å². The first kappa shape index (κ1) is 13.1. The van der Waals surface area contributed by atoms with E-state index in [1.54, 1.807) is 0 Å². The van der Waals surface area contributed by atoms with Crippen LogP contribution >= 0.6 is 15.9 Å². The van der Waals surface area contributed by atoms with Crippen molar-refractivity contribution in [1.29, 1.82) is 0 Å². The Morgan fingerprint density at radius 2 is 1.67 bits per heavy atom. The van der Waals surface area contributed by atoms with E-state index in [9.17, 15) is 0 Å². The third-order valence-corrected chi connectivity index (χ3v) is 3.45. The summed E-state index contributed by atoms with van der Waals surface area (Å²) in [5.74, 6) is 0.933. The van der Waals surface area contributed by atoms with Gasteiger partial charge in [-0.1, -0.05) is 52.3 Å². The second kappa shape index (κ2) is 6.57. The van der Waals surface area contributed by atoms with Crippen molar-refractivity contribution in [2.75, 3.05) is 7.05 Å². The minimum absolute atomic E-state index is 0.572. The lowest BCUT2D eigenvalue weighted by Gasteiger charge is -2.12. The van der Waals surface area contributed by atoms with Crippen LogP contribution in [0.5, 0.6) is 5.75 Å². The van der Waals surface area contributed by atoms with Crippen molar-refractivity contribution in [2.45, 2.75) is 13.2 Å². The summed E-state index contributed by atoms with van der Waals surface area (Å²) in [6.07, 6.45) is 0. The maximum Gasteiger partial charge on any atom is 0.124 e. The third-order valence-electron chi connectivity index (χ3n) is 2.68. The first-order valence-corrected chi connectivity index (χ1v) is 6.69. The molecule has 0 unspecified atom stereocenters. The zero-order valence-electron chi connectivity index (χ0n) is 10.3. The second-order valence-electron chi connectivity index (χ2n) is 4.02. The van der Waals surface area contributed by atoms with E-state index in [4.69, 9.17) is 4.74 Å². The van der Waals surface area contributed by atoms with Gasteiger partial charge < -0.3 is 10.1 Å². The Morgan fingerprint density at radius 1 is 1.00 bits per heavy atom. The van der Waals surface area contributed by atoms with Gasteiger partial charge in [0.2, 0.25) is 0 Å². The lowest BCUT2D eigenvalue weighted by atomic mass is 10.2. The van der Waals surface area contributed by atoms with Gasteiger partial charge >= 0.3 is 0 Å². The van der Waals surface area contributed by atoms with E-state index < -0.39 is 0 Å². The van der Waals surface area contributed by atoms with E-state index >= 15 is 0 Å². The number of benzene rings is 2. The van der Waals surface area contributed by atoms with E-state index in [0.717, 1.165) is 22.3 Å². The summed E-state index contributed by atoms with van der Waals surface area (Å²) in [6, 6.07) is 16.2. The summed E-state index contributed by atoms with van der Waals surface area (Å²) in [7, 11) is 1.94. The number of rotatable bonds is 5. The van der Waals surface area contributed by atoms with Crippen molar-refractivity contribution in [2.24, 2.45) is 0 Å². The smallest absolute Gasteiger partial charge is 0.124 e. The quantitative estimate of drug-likeness (QED) is 0.908. The highest BCUT2D eigenvalue weighted by molar-refractivity contribution is 9.10. The molecular weight excluding hydrogens is 290 g/mol. The minimum atomic E-state index is 0.572. The van der Waals surface area contributed by atoms with E-state index in [-0.39, 0.29) is 0 Å². The predicted octanol–water partition coefficient (Wildman–Crippen LogP) is 3.75. The predicted molar refractivity (Wildman–Crippen MR) is 77.7 cm³/mol. The number of halogens is 1. The van der Waals surface area contributed by atoms with Gasteiger partial charge in [0.1, 0.15) is 12.4 Å². The van der Waals surface area contributed by atoms with Crippen LogP contribution in [0.2, 0.25) is 0 Å². The van der Waals surface area contributed by atoms with Gasteiger partial charge in [-0.05, 0) is 19.2 Å². The van der Waals surface area contributed by atoms with Gasteiger partial charge in [-0.2, -0.15) is 0 Å². The molecule has 0 atom stereocenters. The Kier molecular flexibility index (Phi) is 4.79. The molecule has 0 aliphatic carbocycles. The van der Waals surface area contributed by atoms with Crippen LogP contribution in [-0.4, -0.2) is 7.05 Å². The van der Waals surface area contributed by atoms with Gasteiger partial charge in [0, 0.05) is 22.1 Å². The van der Waals surface area contributed by atoms with Crippen molar-refractivity contribution in [1.82, 2.24) is 5.32 Å². The highest BCUT2D eigenvalue weighted by atomic mass is 79.9. The summed E-state index contributed by atoms with van der Waals surface area (Å²) in [5.41, 5.74) is 2.32. The standard InChI is InChI=1S/C15H16BrNO/c1-17-10-12-6-3-5-9-15(12)18-11-13-7-2-4-8-14(13)16/h2-9,17H,10-11H2,1H3. The van der Waals surface area contributed by atoms with Crippen LogP contribution in [0.15, 0.2) is 53.0 Å². The molecule has 0 radical (unpaired) electrons. The Bertz CT molecular complexity index is 513. The van der Waals surface area contributed by atoms with Crippen LogP contribution in [0.4, 0.5) is 0 Å². The number of nitrogens with one attached hydrogen (secondary N) is 1. The largest absolute Gasteiger partial charge is 0.489 e. The Balaban J connectivity index is 2.08.